The first-order valence-electron chi connectivity index (χ1n) is 7.50. The number of carbonyl (C=O) groups excluding carboxylic acids is 1. The molecule has 0 unspecified atom stereocenters. The average Bonchev–Trinajstić information content (AvgIpc) is 2.53. The smallest absolute Gasteiger partial charge is 0.262 e. The van der Waals surface area contributed by atoms with Gasteiger partial charge in [-0.2, -0.15) is 0 Å². The van der Waals surface area contributed by atoms with Gasteiger partial charge in [-0.1, -0.05) is 36.4 Å². The summed E-state index contributed by atoms with van der Waals surface area (Å²) >= 11 is 1.42. The van der Waals surface area contributed by atoms with Gasteiger partial charge in [-0.15, -0.1) is 6.58 Å². The molecule has 114 valence electrons. The van der Waals surface area contributed by atoms with Gasteiger partial charge in [0.05, 0.1) is 16.2 Å². The Morgan fingerprint density at radius 2 is 2.14 bits per heavy atom. The highest BCUT2D eigenvalue weighted by molar-refractivity contribution is 8.00. The number of hydrogen-bond acceptors (Lipinski definition) is 4. The number of hydrogen-bond donors (Lipinski definition) is 0. The quantitative estimate of drug-likeness (QED) is 0.642. The number of carbonyl (C=O) groups is 1. The third-order valence-electron chi connectivity index (χ3n) is 3.88. The molecule has 0 spiro atoms. The van der Waals surface area contributed by atoms with E-state index in [1.807, 2.05) is 18.2 Å². The molecule has 0 N–H and O–H groups in total. The van der Waals surface area contributed by atoms with Gasteiger partial charge in [0.25, 0.3) is 5.56 Å². The van der Waals surface area contributed by atoms with E-state index in [9.17, 15) is 9.59 Å². The summed E-state index contributed by atoms with van der Waals surface area (Å²) in [5.41, 5.74) is 0.606. The molecule has 1 heterocycles. The van der Waals surface area contributed by atoms with E-state index in [1.54, 1.807) is 16.7 Å². The molecule has 0 aliphatic heterocycles. The summed E-state index contributed by atoms with van der Waals surface area (Å²) in [6, 6.07) is 7.32. The first kappa shape index (κ1) is 15.0. The SMILES string of the molecule is C=CCn1c(S[C@H]2CCCCC2=O)nc2ccccc2c1=O. The van der Waals surface area contributed by atoms with Crippen molar-refractivity contribution >= 4 is 28.4 Å². The van der Waals surface area contributed by atoms with Crippen LogP contribution in [0.25, 0.3) is 10.9 Å². The second-order valence-electron chi connectivity index (χ2n) is 5.43. The first-order valence-corrected chi connectivity index (χ1v) is 8.38. The third kappa shape index (κ3) is 2.86. The third-order valence-corrected chi connectivity index (χ3v) is 5.19. The topological polar surface area (TPSA) is 52.0 Å². The molecule has 0 radical (unpaired) electrons. The summed E-state index contributed by atoms with van der Waals surface area (Å²) in [6.07, 6.45) is 5.21. The maximum atomic E-state index is 12.6. The number of rotatable bonds is 4. The lowest BCUT2D eigenvalue weighted by Crippen LogP contribution is -2.26. The van der Waals surface area contributed by atoms with Crippen molar-refractivity contribution < 1.29 is 4.79 Å². The van der Waals surface area contributed by atoms with Crippen molar-refractivity contribution in [2.24, 2.45) is 0 Å². The number of fused-ring (bicyclic) bond motifs is 1. The Labute approximate surface area is 133 Å². The molecule has 1 aliphatic carbocycles. The monoisotopic (exact) mass is 314 g/mol. The van der Waals surface area contributed by atoms with E-state index in [1.165, 1.54) is 11.8 Å². The van der Waals surface area contributed by atoms with Gasteiger partial charge in [0.15, 0.2) is 5.16 Å². The molecule has 0 amide bonds. The van der Waals surface area contributed by atoms with Gasteiger partial charge < -0.3 is 0 Å². The molecule has 1 aliphatic rings. The van der Waals surface area contributed by atoms with Gasteiger partial charge >= 0.3 is 0 Å². The van der Waals surface area contributed by atoms with E-state index in [4.69, 9.17) is 0 Å². The Morgan fingerprint density at radius 1 is 1.32 bits per heavy atom. The molecule has 1 aromatic heterocycles. The zero-order chi connectivity index (χ0) is 15.5. The van der Waals surface area contributed by atoms with Gasteiger partial charge in [-0.05, 0) is 25.0 Å². The normalized spacial score (nSPS) is 18.5. The van der Waals surface area contributed by atoms with Crippen LogP contribution in [0.2, 0.25) is 0 Å². The van der Waals surface area contributed by atoms with Crippen molar-refractivity contribution in [3.8, 4) is 0 Å². The van der Waals surface area contributed by atoms with Crippen LogP contribution in [-0.4, -0.2) is 20.6 Å². The average molecular weight is 314 g/mol. The lowest BCUT2D eigenvalue weighted by molar-refractivity contribution is -0.119. The molecule has 4 nitrogen and oxygen atoms in total. The fourth-order valence-corrected chi connectivity index (χ4v) is 3.95. The van der Waals surface area contributed by atoms with Crippen LogP contribution in [0.15, 0.2) is 46.9 Å². The number of ketones is 1. The summed E-state index contributed by atoms with van der Waals surface area (Å²) < 4.78 is 1.61. The van der Waals surface area contributed by atoms with Crippen LogP contribution in [-0.2, 0) is 11.3 Å². The highest BCUT2D eigenvalue weighted by Gasteiger charge is 2.25. The lowest BCUT2D eigenvalue weighted by Gasteiger charge is -2.21. The van der Waals surface area contributed by atoms with Gasteiger partial charge in [-0.3, -0.25) is 14.2 Å². The van der Waals surface area contributed by atoms with Crippen molar-refractivity contribution in [3.63, 3.8) is 0 Å². The molecular weight excluding hydrogens is 296 g/mol. The predicted molar refractivity (Wildman–Crippen MR) is 89.3 cm³/mol. The van der Waals surface area contributed by atoms with Gasteiger partial charge in [0, 0.05) is 13.0 Å². The Hall–Kier alpha value is -1.88. The van der Waals surface area contributed by atoms with Crippen LogP contribution < -0.4 is 5.56 Å². The Morgan fingerprint density at radius 3 is 2.91 bits per heavy atom. The van der Waals surface area contributed by atoms with Crippen molar-refractivity contribution in [1.82, 2.24) is 9.55 Å². The van der Waals surface area contributed by atoms with E-state index in [-0.39, 0.29) is 16.6 Å². The molecule has 0 bridgehead atoms. The van der Waals surface area contributed by atoms with Gasteiger partial charge in [0.2, 0.25) is 0 Å². The number of Topliss-reactive ketones (excluding diaryl/α,β-unsaturated/α-hetero) is 1. The van der Waals surface area contributed by atoms with Crippen molar-refractivity contribution in [2.45, 2.75) is 42.6 Å². The fourth-order valence-electron chi connectivity index (χ4n) is 2.73. The molecule has 0 saturated heterocycles. The number of thioether (sulfide) groups is 1. The molecule has 1 atom stereocenters. The minimum atomic E-state index is -0.0853. The summed E-state index contributed by atoms with van der Waals surface area (Å²) in [6.45, 7) is 4.12. The number of allylic oxidation sites excluding steroid dienone is 1. The maximum absolute atomic E-state index is 12.6. The Bertz CT molecular complexity index is 782. The first-order chi connectivity index (χ1) is 10.7. The largest absolute Gasteiger partial charge is 0.298 e. The summed E-state index contributed by atoms with van der Waals surface area (Å²) in [7, 11) is 0. The van der Waals surface area contributed by atoms with Crippen molar-refractivity contribution in [3.05, 3.63) is 47.3 Å². The molecule has 5 heteroatoms. The van der Waals surface area contributed by atoms with Crippen LogP contribution >= 0.6 is 11.8 Å². The number of para-hydroxylation sites is 1. The van der Waals surface area contributed by atoms with Crippen LogP contribution in [0.3, 0.4) is 0 Å². The highest BCUT2D eigenvalue weighted by Crippen LogP contribution is 2.30. The van der Waals surface area contributed by atoms with Crippen molar-refractivity contribution in [2.75, 3.05) is 0 Å². The second-order valence-corrected chi connectivity index (χ2v) is 6.60. The van der Waals surface area contributed by atoms with Crippen LogP contribution in [0.4, 0.5) is 0 Å². The van der Waals surface area contributed by atoms with Gasteiger partial charge in [-0.25, -0.2) is 4.98 Å². The van der Waals surface area contributed by atoms with Gasteiger partial charge in [0.1, 0.15) is 5.78 Å². The van der Waals surface area contributed by atoms with Crippen LogP contribution in [0, 0.1) is 0 Å². The Kier molecular flexibility index (Phi) is 4.43. The molecule has 2 aromatic rings. The number of aromatic nitrogens is 2. The fraction of sp³-hybridized carbons (Fsp3) is 0.353. The minimum absolute atomic E-state index is 0.0729. The Balaban J connectivity index is 2.06. The van der Waals surface area contributed by atoms with Crippen molar-refractivity contribution in [1.29, 1.82) is 0 Å². The summed E-state index contributed by atoms with van der Waals surface area (Å²) in [4.78, 5) is 29.3. The maximum Gasteiger partial charge on any atom is 0.262 e. The minimum Gasteiger partial charge on any atom is -0.298 e. The molecular formula is C17H18N2O2S. The zero-order valence-corrected chi connectivity index (χ0v) is 13.1. The van der Waals surface area contributed by atoms with E-state index < -0.39 is 0 Å². The zero-order valence-electron chi connectivity index (χ0n) is 12.3. The second kappa shape index (κ2) is 6.48. The summed E-state index contributed by atoms with van der Waals surface area (Å²) in [5.74, 6) is 0.267. The number of benzene rings is 1. The van der Waals surface area contributed by atoms with E-state index in [0.717, 1.165) is 19.3 Å². The molecule has 1 fully saturated rings. The number of nitrogens with zero attached hydrogens (tertiary/aromatic N) is 2. The molecule has 3 rings (SSSR count). The van der Waals surface area contributed by atoms with E-state index in [2.05, 4.69) is 11.6 Å². The highest BCUT2D eigenvalue weighted by atomic mass is 32.2. The molecule has 22 heavy (non-hydrogen) atoms. The predicted octanol–water partition coefficient (Wildman–Crippen LogP) is 3.19. The van der Waals surface area contributed by atoms with Crippen LogP contribution in [0.1, 0.15) is 25.7 Å². The standard InChI is InChI=1S/C17H18N2O2S/c1-2-11-19-16(21)12-7-3-4-8-13(12)18-17(19)22-15-10-6-5-9-14(15)20/h2-4,7-8,15H,1,5-6,9-11H2/t15-/m0/s1. The van der Waals surface area contributed by atoms with E-state index >= 15 is 0 Å². The lowest BCUT2D eigenvalue weighted by atomic mass is 9.99. The molecule has 1 aromatic carbocycles. The molecule has 1 saturated carbocycles. The van der Waals surface area contributed by atoms with Crippen LogP contribution in [0.5, 0.6) is 0 Å². The van der Waals surface area contributed by atoms with E-state index in [0.29, 0.717) is 29.0 Å². The summed E-state index contributed by atoms with van der Waals surface area (Å²) in [5, 5.41) is 1.13.